The van der Waals surface area contributed by atoms with E-state index in [-0.39, 0.29) is 0 Å². The van der Waals surface area contributed by atoms with Crippen molar-refractivity contribution in [2.45, 2.75) is 26.4 Å². The van der Waals surface area contributed by atoms with Crippen molar-refractivity contribution >= 4 is 11.2 Å². The Labute approximate surface area is 150 Å². The topological polar surface area (TPSA) is 85.2 Å². The van der Waals surface area contributed by atoms with E-state index in [1.807, 2.05) is 35.0 Å². The van der Waals surface area contributed by atoms with Gasteiger partial charge in [-0.15, -0.1) is 0 Å². The van der Waals surface area contributed by atoms with Crippen molar-refractivity contribution in [1.82, 2.24) is 29.1 Å². The van der Waals surface area contributed by atoms with Gasteiger partial charge in [0.15, 0.2) is 11.5 Å². The summed E-state index contributed by atoms with van der Waals surface area (Å²) >= 11 is 0. The largest absolute Gasteiger partial charge is 0.322 e. The van der Waals surface area contributed by atoms with Gasteiger partial charge in [-0.1, -0.05) is 13.0 Å². The van der Waals surface area contributed by atoms with Gasteiger partial charge in [0, 0.05) is 25.1 Å². The zero-order chi connectivity index (χ0) is 17.9. The van der Waals surface area contributed by atoms with Gasteiger partial charge < -0.3 is 9.13 Å². The van der Waals surface area contributed by atoms with Crippen molar-refractivity contribution in [3.05, 3.63) is 60.4 Å². The maximum Gasteiger partial charge on any atom is 0.160 e. The maximum absolute atomic E-state index is 9.08. The van der Waals surface area contributed by atoms with Crippen LogP contribution < -0.4 is 0 Å². The van der Waals surface area contributed by atoms with Gasteiger partial charge in [0.05, 0.1) is 6.54 Å². The second-order valence-corrected chi connectivity index (χ2v) is 5.92. The number of aryl methyl sites for hydroxylation is 1. The monoisotopic (exact) mass is 343 g/mol. The fourth-order valence-corrected chi connectivity index (χ4v) is 3.03. The Balaban J connectivity index is 1.75. The van der Waals surface area contributed by atoms with Crippen LogP contribution in [0.1, 0.15) is 24.9 Å². The molecule has 0 bridgehead atoms. The first-order valence-corrected chi connectivity index (χ1v) is 8.49. The number of nitriles is 1. The highest BCUT2D eigenvalue weighted by Crippen LogP contribution is 2.19. The van der Waals surface area contributed by atoms with Gasteiger partial charge in [-0.25, -0.2) is 19.9 Å². The number of rotatable bonds is 5. The summed E-state index contributed by atoms with van der Waals surface area (Å²) in [7, 11) is 0. The highest BCUT2D eigenvalue weighted by atomic mass is 15.2. The lowest BCUT2D eigenvalue weighted by atomic mass is 10.3. The van der Waals surface area contributed by atoms with Crippen LogP contribution in [0.4, 0.5) is 0 Å². The minimum absolute atomic E-state index is 0.375. The molecule has 0 spiro atoms. The molecular weight excluding hydrogens is 326 g/mol. The van der Waals surface area contributed by atoms with Crippen LogP contribution in [0.15, 0.2) is 48.9 Å². The summed E-state index contributed by atoms with van der Waals surface area (Å²) in [4.78, 5) is 18.0. The molecule has 7 heteroatoms. The predicted octanol–water partition coefficient (Wildman–Crippen LogP) is 3.02. The second-order valence-electron chi connectivity index (χ2n) is 5.92. The summed E-state index contributed by atoms with van der Waals surface area (Å²) in [5.74, 6) is 1.64. The molecule has 4 aromatic heterocycles. The predicted molar refractivity (Wildman–Crippen MR) is 97.1 cm³/mol. The van der Waals surface area contributed by atoms with Crippen LogP contribution in [0.5, 0.6) is 0 Å². The first kappa shape index (κ1) is 16.0. The van der Waals surface area contributed by atoms with Gasteiger partial charge in [-0.2, -0.15) is 5.26 Å². The van der Waals surface area contributed by atoms with E-state index >= 15 is 0 Å². The molecule has 0 radical (unpaired) electrons. The Morgan fingerprint density at radius 3 is 2.85 bits per heavy atom. The summed E-state index contributed by atoms with van der Waals surface area (Å²) in [6, 6.07) is 11.3. The number of fused-ring (bicyclic) bond motifs is 1. The highest BCUT2D eigenvalue weighted by Gasteiger charge is 2.14. The van der Waals surface area contributed by atoms with Crippen LogP contribution in [0.3, 0.4) is 0 Å². The Bertz CT molecular complexity index is 1100. The minimum atomic E-state index is 0.375. The Kier molecular flexibility index (Phi) is 4.15. The van der Waals surface area contributed by atoms with Gasteiger partial charge in [0.2, 0.25) is 0 Å². The van der Waals surface area contributed by atoms with Crippen molar-refractivity contribution in [3.8, 4) is 17.6 Å². The molecule has 0 aliphatic rings. The highest BCUT2D eigenvalue weighted by molar-refractivity contribution is 5.71. The molecule has 128 valence electrons. The van der Waals surface area contributed by atoms with E-state index in [4.69, 9.17) is 10.2 Å². The van der Waals surface area contributed by atoms with Crippen molar-refractivity contribution in [2.24, 2.45) is 0 Å². The molecule has 0 aliphatic carbocycles. The Morgan fingerprint density at radius 2 is 2.00 bits per heavy atom. The van der Waals surface area contributed by atoms with Gasteiger partial charge in [0.1, 0.15) is 28.8 Å². The van der Waals surface area contributed by atoms with Gasteiger partial charge in [-0.3, -0.25) is 0 Å². The molecule has 0 fully saturated rings. The third-order valence-electron chi connectivity index (χ3n) is 4.15. The van der Waals surface area contributed by atoms with Crippen LogP contribution >= 0.6 is 0 Å². The van der Waals surface area contributed by atoms with Crippen LogP contribution in [-0.2, 0) is 13.1 Å². The maximum atomic E-state index is 9.08. The zero-order valence-electron chi connectivity index (χ0n) is 14.4. The molecule has 0 N–H and O–H groups in total. The molecule has 0 saturated carbocycles. The number of hydrogen-bond donors (Lipinski definition) is 0. The molecule has 0 amide bonds. The van der Waals surface area contributed by atoms with E-state index in [2.05, 4.69) is 32.5 Å². The van der Waals surface area contributed by atoms with Crippen LogP contribution in [-0.4, -0.2) is 29.1 Å². The van der Waals surface area contributed by atoms with Crippen molar-refractivity contribution in [2.75, 3.05) is 0 Å². The molecule has 0 aliphatic heterocycles. The number of nitrogens with zero attached hydrogens (tertiary/aromatic N) is 7. The quantitative estimate of drug-likeness (QED) is 0.556. The molecular formula is C19H17N7. The van der Waals surface area contributed by atoms with E-state index in [0.29, 0.717) is 23.8 Å². The zero-order valence-corrected chi connectivity index (χ0v) is 14.4. The van der Waals surface area contributed by atoms with Crippen LogP contribution in [0.2, 0.25) is 0 Å². The smallest absolute Gasteiger partial charge is 0.160 e. The van der Waals surface area contributed by atoms with E-state index in [1.54, 1.807) is 18.5 Å². The summed E-state index contributed by atoms with van der Waals surface area (Å²) < 4.78 is 4.15. The lowest BCUT2D eigenvalue weighted by molar-refractivity contribution is 0.623. The molecule has 4 aromatic rings. The lowest BCUT2D eigenvalue weighted by Crippen LogP contribution is -2.10. The molecule has 26 heavy (non-hydrogen) atoms. The van der Waals surface area contributed by atoms with E-state index in [1.165, 1.54) is 0 Å². The Morgan fingerprint density at radius 1 is 1.08 bits per heavy atom. The van der Waals surface area contributed by atoms with E-state index in [9.17, 15) is 0 Å². The van der Waals surface area contributed by atoms with Gasteiger partial charge >= 0.3 is 0 Å². The average molecular weight is 343 g/mol. The van der Waals surface area contributed by atoms with E-state index in [0.717, 1.165) is 30.0 Å². The second kappa shape index (κ2) is 6.76. The first-order valence-electron chi connectivity index (χ1n) is 8.49. The SMILES string of the molecule is CCCn1c(Cn2ccnc2-c2cccc(C#N)n2)nc2cccnc21. The standard InChI is InChI=1S/C19H17N7/c1-2-10-26-17(24-16-7-4-8-21-19(16)26)13-25-11-9-22-18(25)15-6-3-5-14(12-20)23-15/h3-9,11H,2,10,13H2,1H3. The summed E-state index contributed by atoms with van der Waals surface area (Å²) in [6.07, 6.45) is 6.43. The summed E-state index contributed by atoms with van der Waals surface area (Å²) in [5, 5.41) is 9.08. The molecule has 0 saturated heterocycles. The number of pyridine rings is 2. The summed E-state index contributed by atoms with van der Waals surface area (Å²) in [5.41, 5.74) is 2.84. The number of hydrogen-bond acceptors (Lipinski definition) is 5. The third-order valence-corrected chi connectivity index (χ3v) is 4.15. The molecule has 0 unspecified atom stereocenters. The van der Waals surface area contributed by atoms with Crippen molar-refractivity contribution in [3.63, 3.8) is 0 Å². The van der Waals surface area contributed by atoms with Gasteiger partial charge in [0.25, 0.3) is 0 Å². The van der Waals surface area contributed by atoms with Gasteiger partial charge in [-0.05, 0) is 30.7 Å². The minimum Gasteiger partial charge on any atom is -0.322 e. The fourth-order valence-electron chi connectivity index (χ4n) is 3.03. The van der Waals surface area contributed by atoms with E-state index < -0.39 is 0 Å². The molecule has 4 rings (SSSR count). The summed E-state index contributed by atoms with van der Waals surface area (Å²) in [6.45, 7) is 3.55. The molecule has 7 nitrogen and oxygen atoms in total. The van der Waals surface area contributed by atoms with Crippen molar-refractivity contribution < 1.29 is 0 Å². The molecule has 4 heterocycles. The first-order chi connectivity index (χ1) is 12.8. The normalized spacial score (nSPS) is 10.9. The average Bonchev–Trinajstić information content (AvgIpc) is 3.27. The fraction of sp³-hybridized carbons (Fsp3) is 0.211. The van der Waals surface area contributed by atoms with Crippen LogP contribution in [0.25, 0.3) is 22.7 Å². The third kappa shape index (κ3) is 2.82. The van der Waals surface area contributed by atoms with Crippen LogP contribution in [0, 0.1) is 11.3 Å². The van der Waals surface area contributed by atoms with Crippen molar-refractivity contribution in [1.29, 1.82) is 5.26 Å². The lowest BCUT2D eigenvalue weighted by Gasteiger charge is -2.10. The Hall–Kier alpha value is -3.53. The number of aromatic nitrogens is 6. The number of imidazole rings is 2. The molecule has 0 aromatic carbocycles. The molecule has 0 atom stereocenters.